The summed E-state index contributed by atoms with van der Waals surface area (Å²) in [4.78, 5) is 2.60. The highest BCUT2D eigenvalue weighted by Crippen LogP contribution is 2.29. The van der Waals surface area contributed by atoms with Crippen molar-refractivity contribution in [2.24, 2.45) is 0 Å². The van der Waals surface area contributed by atoms with Crippen LogP contribution in [0.3, 0.4) is 0 Å². The fourth-order valence-corrected chi connectivity index (χ4v) is 4.53. The van der Waals surface area contributed by atoms with Gasteiger partial charge in [-0.25, -0.2) is 0 Å². The SMILES string of the molecule is CSC1CCC(NC2CCN(Cc3ccccc3)CC2)C1. The van der Waals surface area contributed by atoms with E-state index < -0.39 is 0 Å². The molecule has 1 saturated heterocycles. The second kappa shape index (κ2) is 7.66. The number of thioether (sulfide) groups is 1. The van der Waals surface area contributed by atoms with Crippen LogP contribution in [0.25, 0.3) is 0 Å². The van der Waals surface area contributed by atoms with Gasteiger partial charge in [0.15, 0.2) is 0 Å². The van der Waals surface area contributed by atoms with E-state index in [2.05, 4.69) is 58.6 Å². The highest BCUT2D eigenvalue weighted by Gasteiger charge is 2.27. The molecule has 0 radical (unpaired) electrons. The second-order valence-electron chi connectivity index (χ2n) is 6.57. The molecule has 116 valence electrons. The van der Waals surface area contributed by atoms with Crippen LogP contribution in [0.4, 0.5) is 0 Å². The first-order valence-corrected chi connectivity index (χ1v) is 9.67. The van der Waals surface area contributed by atoms with E-state index in [1.165, 1.54) is 50.8 Å². The summed E-state index contributed by atoms with van der Waals surface area (Å²) >= 11 is 2.05. The number of benzene rings is 1. The molecule has 1 aliphatic heterocycles. The summed E-state index contributed by atoms with van der Waals surface area (Å²) in [5.41, 5.74) is 1.45. The Balaban J connectivity index is 1.39. The van der Waals surface area contributed by atoms with Crippen molar-refractivity contribution in [1.29, 1.82) is 0 Å². The first kappa shape index (κ1) is 15.4. The van der Waals surface area contributed by atoms with Crippen LogP contribution >= 0.6 is 11.8 Å². The first-order valence-electron chi connectivity index (χ1n) is 8.38. The Labute approximate surface area is 133 Å². The molecule has 0 spiro atoms. The molecule has 0 bridgehead atoms. The van der Waals surface area contributed by atoms with Crippen molar-refractivity contribution in [3.05, 3.63) is 35.9 Å². The van der Waals surface area contributed by atoms with Crippen LogP contribution in [0.15, 0.2) is 30.3 Å². The fraction of sp³-hybridized carbons (Fsp3) is 0.667. The van der Waals surface area contributed by atoms with Crippen molar-refractivity contribution in [3.8, 4) is 0 Å². The molecule has 2 fully saturated rings. The van der Waals surface area contributed by atoms with Crippen LogP contribution in [0, 0.1) is 0 Å². The van der Waals surface area contributed by atoms with Gasteiger partial charge in [0.05, 0.1) is 0 Å². The van der Waals surface area contributed by atoms with Gasteiger partial charge in [0, 0.05) is 23.9 Å². The molecule has 2 unspecified atom stereocenters. The van der Waals surface area contributed by atoms with E-state index in [1.807, 2.05) is 0 Å². The summed E-state index contributed by atoms with van der Waals surface area (Å²) < 4.78 is 0. The number of likely N-dealkylation sites (tertiary alicyclic amines) is 1. The van der Waals surface area contributed by atoms with Gasteiger partial charge in [0.25, 0.3) is 0 Å². The van der Waals surface area contributed by atoms with E-state index in [9.17, 15) is 0 Å². The van der Waals surface area contributed by atoms with Crippen molar-refractivity contribution in [2.45, 2.75) is 56.0 Å². The zero-order valence-corrected chi connectivity index (χ0v) is 13.9. The van der Waals surface area contributed by atoms with Crippen molar-refractivity contribution < 1.29 is 0 Å². The van der Waals surface area contributed by atoms with Gasteiger partial charge in [-0.1, -0.05) is 30.3 Å². The summed E-state index contributed by atoms with van der Waals surface area (Å²) in [6.07, 6.45) is 9.06. The average Bonchev–Trinajstić information content (AvgIpc) is 2.98. The lowest BCUT2D eigenvalue weighted by Gasteiger charge is -2.34. The third-order valence-electron chi connectivity index (χ3n) is 5.03. The maximum atomic E-state index is 3.93. The van der Waals surface area contributed by atoms with Crippen molar-refractivity contribution in [1.82, 2.24) is 10.2 Å². The lowest BCUT2D eigenvalue weighted by atomic mass is 10.0. The summed E-state index contributed by atoms with van der Waals surface area (Å²) in [6.45, 7) is 3.60. The number of piperidine rings is 1. The zero-order chi connectivity index (χ0) is 14.5. The maximum absolute atomic E-state index is 3.93. The minimum atomic E-state index is 0.752. The summed E-state index contributed by atoms with van der Waals surface area (Å²) in [5.74, 6) is 0. The topological polar surface area (TPSA) is 15.3 Å². The van der Waals surface area contributed by atoms with Crippen molar-refractivity contribution >= 4 is 11.8 Å². The number of rotatable bonds is 5. The Morgan fingerprint density at radius 2 is 1.81 bits per heavy atom. The molecule has 1 N–H and O–H groups in total. The molecular weight excluding hydrogens is 276 g/mol. The van der Waals surface area contributed by atoms with Crippen LogP contribution < -0.4 is 5.32 Å². The molecule has 1 saturated carbocycles. The van der Waals surface area contributed by atoms with E-state index in [-0.39, 0.29) is 0 Å². The Bertz CT molecular complexity index is 414. The van der Waals surface area contributed by atoms with Gasteiger partial charge in [0.2, 0.25) is 0 Å². The predicted molar refractivity (Wildman–Crippen MR) is 92.8 cm³/mol. The summed E-state index contributed by atoms with van der Waals surface area (Å²) in [7, 11) is 0. The van der Waals surface area contributed by atoms with Crippen molar-refractivity contribution in [2.75, 3.05) is 19.3 Å². The van der Waals surface area contributed by atoms with E-state index in [0.29, 0.717) is 0 Å². The van der Waals surface area contributed by atoms with Crippen LogP contribution in [-0.4, -0.2) is 41.6 Å². The van der Waals surface area contributed by atoms with E-state index in [4.69, 9.17) is 0 Å². The van der Waals surface area contributed by atoms with Gasteiger partial charge in [-0.3, -0.25) is 4.90 Å². The fourth-order valence-electron chi connectivity index (χ4n) is 3.74. The van der Waals surface area contributed by atoms with E-state index in [1.54, 1.807) is 0 Å². The van der Waals surface area contributed by atoms with E-state index in [0.717, 1.165) is 23.9 Å². The quantitative estimate of drug-likeness (QED) is 0.896. The smallest absolute Gasteiger partial charge is 0.0233 e. The third-order valence-corrected chi connectivity index (χ3v) is 6.12. The Morgan fingerprint density at radius 3 is 2.48 bits per heavy atom. The van der Waals surface area contributed by atoms with Crippen LogP contribution in [0.2, 0.25) is 0 Å². The van der Waals surface area contributed by atoms with Crippen LogP contribution in [-0.2, 0) is 6.54 Å². The van der Waals surface area contributed by atoms with Gasteiger partial charge in [-0.2, -0.15) is 11.8 Å². The largest absolute Gasteiger partial charge is 0.311 e. The monoisotopic (exact) mass is 304 g/mol. The van der Waals surface area contributed by atoms with Crippen molar-refractivity contribution in [3.63, 3.8) is 0 Å². The summed E-state index contributed by atoms with van der Waals surface area (Å²) in [6, 6.07) is 12.4. The Morgan fingerprint density at radius 1 is 1.05 bits per heavy atom. The number of nitrogens with zero attached hydrogens (tertiary/aromatic N) is 1. The second-order valence-corrected chi connectivity index (χ2v) is 7.71. The lowest BCUT2D eigenvalue weighted by Crippen LogP contribution is -2.45. The maximum Gasteiger partial charge on any atom is 0.0233 e. The third kappa shape index (κ3) is 4.48. The minimum absolute atomic E-state index is 0.752. The molecule has 0 aromatic heterocycles. The molecule has 2 aliphatic rings. The van der Waals surface area contributed by atoms with Gasteiger partial charge in [0.1, 0.15) is 0 Å². The highest BCUT2D eigenvalue weighted by molar-refractivity contribution is 7.99. The molecule has 1 heterocycles. The molecular formula is C18H28N2S. The zero-order valence-electron chi connectivity index (χ0n) is 13.1. The van der Waals surface area contributed by atoms with Gasteiger partial charge in [-0.05, 0) is 57.0 Å². The Hall–Kier alpha value is -0.510. The number of hydrogen-bond donors (Lipinski definition) is 1. The van der Waals surface area contributed by atoms with Gasteiger partial charge >= 0.3 is 0 Å². The highest BCUT2D eigenvalue weighted by atomic mass is 32.2. The lowest BCUT2D eigenvalue weighted by molar-refractivity contribution is 0.184. The number of hydrogen-bond acceptors (Lipinski definition) is 3. The average molecular weight is 305 g/mol. The summed E-state index contributed by atoms with van der Waals surface area (Å²) in [5, 5.41) is 4.83. The van der Waals surface area contributed by atoms with Gasteiger partial charge in [-0.15, -0.1) is 0 Å². The molecule has 21 heavy (non-hydrogen) atoms. The molecule has 2 atom stereocenters. The standard InChI is InChI=1S/C18H28N2S/c1-21-18-8-7-17(13-18)19-16-9-11-20(12-10-16)14-15-5-3-2-4-6-15/h2-6,16-19H,7-14H2,1H3. The Kier molecular flexibility index (Phi) is 5.61. The molecule has 3 heteroatoms. The van der Waals surface area contributed by atoms with Crippen LogP contribution in [0.5, 0.6) is 0 Å². The molecule has 1 aliphatic carbocycles. The van der Waals surface area contributed by atoms with Crippen LogP contribution in [0.1, 0.15) is 37.7 Å². The molecule has 3 rings (SSSR count). The molecule has 0 amide bonds. The minimum Gasteiger partial charge on any atom is -0.311 e. The van der Waals surface area contributed by atoms with E-state index >= 15 is 0 Å². The molecule has 2 nitrogen and oxygen atoms in total. The van der Waals surface area contributed by atoms with Gasteiger partial charge < -0.3 is 5.32 Å². The number of nitrogens with one attached hydrogen (secondary N) is 1. The predicted octanol–water partition coefficient (Wildman–Crippen LogP) is 3.52. The molecule has 1 aromatic rings. The normalized spacial score (nSPS) is 28.0. The first-order chi connectivity index (χ1) is 10.3. The molecule has 1 aromatic carbocycles.